The minimum absolute atomic E-state index is 0.682. The summed E-state index contributed by atoms with van der Waals surface area (Å²) in [4.78, 5) is 11.6. The van der Waals surface area contributed by atoms with Gasteiger partial charge >= 0.3 is 0 Å². The van der Waals surface area contributed by atoms with E-state index in [1.165, 1.54) is 38.5 Å². The van der Waals surface area contributed by atoms with E-state index in [2.05, 4.69) is 20.2 Å². The standard InChI is InChI=1S/C21H29N5O/c22-15-3-8-20-19(9-15)21(25-13-24-20)23-10-14-1-4-16(5-2-14)26-17-6-7-18(26)12-27-11-17/h3,8-9,13-14,16-18H,1-2,4-7,10-12,22H2,(H,23,24,25)/t14-,16-,17?,18?. The van der Waals surface area contributed by atoms with Gasteiger partial charge < -0.3 is 15.8 Å². The number of hydrogen-bond donors (Lipinski definition) is 2. The second-order valence-corrected chi connectivity index (χ2v) is 8.42. The van der Waals surface area contributed by atoms with Crippen LogP contribution in [0.15, 0.2) is 24.5 Å². The fourth-order valence-electron chi connectivity index (χ4n) is 5.36. The molecule has 3 fully saturated rings. The Morgan fingerprint density at radius 3 is 2.52 bits per heavy atom. The fourth-order valence-corrected chi connectivity index (χ4v) is 5.36. The average Bonchev–Trinajstić information content (AvgIpc) is 2.95. The Morgan fingerprint density at radius 1 is 1.00 bits per heavy atom. The maximum Gasteiger partial charge on any atom is 0.137 e. The van der Waals surface area contributed by atoms with Gasteiger partial charge in [-0.15, -0.1) is 0 Å². The number of nitrogens with zero attached hydrogens (tertiary/aromatic N) is 3. The number of nitrogen functional groups attached to an aromatic ring is 1. The molecule has 144 valence electrons. The SMILES string of the molecule is Nc1ccc2ncnc(NC[C@H]3CC[C@H](N4C5CCC4COC5)CC3)c2c1. The monoisotopic (exact) mass is 367 g/mol. The van der Waals surface area contributed by atoms with Crippen molar-refractivity contribution >= 4 is 22.4 Å². The quantitative estimate of drug-likeness (QED) is 0.809. The molecule has 1 aromatic carbocycles. The third-order valence-electron chi connectivity index (χ3n) is 6.75. The molecule has 1 aliphatic carbocycles. The van der Waals surface area contributed by atoms with Crippen LogP contribution in [0.1, 0.15) is 38.5 Å². The first kappa shape index (κ1) is 17.2. The van der Waals surface area contributed by atoms with Crippen molar-refractivity contribution in [3.8, 4) is 0 Å². The van der Waals surface area contributed by atoms with Crippen LogP contribution in [0.5, 0.6) is 0 Å². The third kappa shape index (κ3) is 3.36. The molecule has 2 atom stereocenters. The van der Waals surface area contributed by atoms with E-state index in [9.17, 15) is 0 Å². The molecule has 0 amide bonds. The lowest BCUT2D eigenvalue weighted by Gasteiger charge is -2.43. The zero-order chi connectivity index (χ0) is 18.2. The Hall–Kier alpha value is -1.92. The number of rotatable bonds is 4. The molecule has 0 radical (unpaired) electrons. The molecule has 27 heavy (non-hydrogen) atoms. The molecule has 2 saturated heterocycles. The van der Waals surface area contributed by atoms with Crippen molar-refractivity contribution in [2.24, 2.45) is 5.92 Å². The Labute approximate surface area is 160 Å². The lowest BCUT2D eigenvalue weighted by Crippen LogP contribution is -2.52. The van der Waals surface area contributed by atoms with Gasteiger partial charge in [-0.1, -0.05) is 0 Å². The van der Waals surface area contributed by atoms with Crippen molar-refractivity contribution in [2.45, 2.75) is 56.7 Å². The highest BCUT2D eigenvalue weighted by Gasteiger charge is 2.42. The molecule has 3 heterocycles. The zero-order valence-electron chi connectivity index (χ0n) is 15.8. The maximum absolute atomic E-state index is 5.95. The fraction of sp³-hybridized carbons (Fsp3) is 0.619. The van der Waals surface area contributed by atoms with E-state index in [1.807, 2.05) is 18.2 Å². The molecule has 1 saturated carbocycles. The lowest BCUT2D eigenvalue weighted by molar-refractivity contribution is -0.0456. The van der Waals surface area contributed by atoms with Gasteiger partial charge in [-0.25, -0.2) is 9.97 Å². The van der Waals surface area contributed by atoms with E-state index >= 15 is 0 Å². The van der Waals surface area contributed by atoms with E-state index in [0.717, 1.165) is 48.2 Å². The molecule has 3 aliphatic rings. The first-order valence-corrected chi connectivity index (χ1v) is 10.4. The Bertz CT molecular complexity index is 788. The summed E-state index contributed by atoms with van der Waals surface area (Å²) in [5.74, 6) is 1.62. The second-order valence-electron chi connectivity index (χ2n) is 8.42. The van der Waals surface area contributed by atoms with Gasteiger partial charge in [0.2, 0.25) is 0 Å². The van der Waals surface area contributed by atoms with E-state index < -0.39 is 0 Å². The summed E-state index contributed by atoms with van der Waals surface area (Å²) in [5, 5.41) is 4.58. The minimum Gasteiger partial charge on any atom is -0.399 e. The first-order chi connectivity index (χ1) is 13.3. The number of anilines is 2. The summed E-state index contributed by atoms with van der Waals surface area (Å²) in [6, 6.07) is 7.94. The zero-order valence-corrected chi connectivity index (χ0v) is 15.8. The lowest BCUT2D eigenvalue weighted by atomic mass is 9.84. The van der Waals surface area contributed by atoms with Gasteiger partial charge in [0.05, 0.1) is 18.7 Å². The van der Waals surface area contributed by atoms with Crippen molar-refractivity contribution in [1.82, 2.24) is 14.9 Å². The van der Waals surface area contributed by atoms with Gasteiger partial charge in [0.15, 0.2) is 0 Å². The summed E-state index contributed by atoms with van der Waals surface area (Å²) in [6.07, 6.45) is 9.50. The molecular formula is C21H29N5O. The van der Waals surface area contributed by atoms with E-state index in [1.54, 1.807) is 6.33 Å². The molecule has 6 nitrogen and oxygen atoms in total. The van der Waals surface area contributed by atoms with Crippen LogP contribution in [0.2, 0.25) is 0 Å². The van der Waals surface area contributed by atoms with Gasteiger partial charge in [-0.3, -0.25) is 4.90 Å². The molecule has 3 N–H and O–H groups in total. The summed E-state index contributed by atoms with van der Waals surface area (Å²) >= 11 is 0. The summed E-state index contributed by atoms with van der Waals surface area (Å²) in [6.45, 7) is 2.87. The highest BCUT2D eigenvalue weighted by molar-refractivity contribution is 5.91. The molecule has 2 unspecified atom stereocenters. The highest BCUT2D eigenvalue weighted by atomic mass is 16.5. The number of ether oxygens (including phenoxy) is 1. The molecule has 6 heteroatoms. The normalized spacial score (nSPS) is 31.3. The van der Waals surface area contributed by atoms with Crippen molar-refractivity contribution in [2.75, 3.05) is 30.8 Å². The molecule has 2 aliphatic heterocycles. The van der Waals surface area contributed by atoms with Crippen LogP contribution in [-0.2, 0) is 4.74 Å². The molecule has 2 aromatic rings. The predicted molar refractivity (Wildman–Crippen MR) is 108 cm³/mol. The van der Waals surface area contributed by atoms with Crippen molar-refractivity contribution in [3.63, 3.8) is 0 Å². The summed E-state index contributed by atoms with van der Waals surface area (Å²) < 4.78 is 5.76. The smallest absolute Gasteiger partial charge is 0.137 e. The van der Waals surface area contributed by atoms with Crippen molar-refractivity contribution < 1.29 is 4.74 Å². The van der Waals surface area contributed by atoms with E-state index in [4.69, 9.17) is 10.5 Å². The molecular weight excluding hydrogens is 338 g/mol. The van der Waals surface area contributed by atoms with E-state index in [0.29, 0.717) is 18.0 Å². The molecule has 1 aromatic heterocycles. The number of aromatic nitrogens is 2. The van der Waals surface area contributed by atoms with E-state index in [-0.39, 0.29) is 0 Å². The minimum atomic E-state index is 0.682. The number of fused-ring (bicyclic) bond motifs is 3. The Morgan fingerprint density at radius 2 is 1.74 bits per heavy atom. The third-order valence-corrected chi connectivity index (χ3v) is 6.75. The van der Waals surface area contributed by atoms with Crippen molar-refractivity contribution in [1.29, 1.82) is 0 Å². The predicted octanol–water partition coefficient (Wildman–Crippen LogP) is 3.05. The van der Waals surface area contributed by atoms with Crippen LogP contribution in [0.4, 0.5) is 11.5 Å². The van der Waals surface area contributed by atoms with Gasteiger partial charge in [-0.05, 0) is 62.6 Å². The number of nitrogens with two attached hydrogens (primary N) is 1. The molecule has 5 rings (SSSR count). The highest BCUT2D eigenvalue weighted by Crippen LogP contribution is 2.37. The molecule has 0 spiro atoms. The van der Waals surface area contributed by atoms with Gasteiger partial charge in [-0.2, -0.15) is 0 Å². The van der Waals surface area contributed by atoms with Crippen LogP contribution >= 0.6 is 0 Å². The molecule has 2 bridgehead atoms. The van der Waals surface area contributed by atoms with Crippen molar-refractivity contribution in [3.05, 3.63) is 24.5 Å². The van der Waals surface area contributed by atoms with Gasteiger partial charge in [0.25, 0.3) is 0 Å². The van der Waals surface area contributed by atoms with Gasteiger partial charge in [0, 0.05) is 35.7 Å². The number of hydrogen-bond acceptors (Lipinski definition) is 6. The first-order valence-electron chi connectivity index (χ1n) is 10.4. The van der Waals surface area contributed by atoms with Crippen LogP contribution in [0.3, 0.4) is 0 Å². The Kier molecular flexibility index (Phi) is 4.61. The second kappa shape index (κ2) is 7.24. The van der Waals surface area contributed by atoms with Crippen LogP contribution in [0, 0.1) is 5.92 Å². The number of nitrogens with one attached hydrogen (secondary N) is 1. The van der Waals surface area contributed by atoms with Gasteiger partial charge in [0.1, 0.15) is 12.1 Å². The van der Waals surface area contributed by atoms with Crippen LogP contribution in [0.25, 0.3) is 10.9 Å². The Balaban J connectivity index is 1.19. The number of benzene rings is 1. The topological polar surface area (TPSA) is 76.3 Å². The summed E-state index contributed by atoms with van der Waals surface area (Å²) in [5.41, 5.74) is 7.64. The van der Waals surface area contributed by atoms with Crippen LogP contribution in [-0.4, -0.2) is 52.8 Å². The maximum atomic E-state index is 5.95. The number of morpholine rings is 1. The summed E-state index contributed by atoms with van der Waals surface area (Å²) in [7, 11) is 0. The van der Waals surface area contributed by atoms with Crippen LogP contribution < -0.4 is 11.1 Å². The average molecular weight is 367 g/mol. The largest absolute Gasteiger partial charge is 0.399 e.